The fourth-order valence-electron chi connectivity index (χ4n) is 2.98. The van der Waals surface area contributed by atoms with Crippen molar-refractivity contribution >= 4 is 0 Å². The molecule has 0 radical (unpaired) electrons. The van der Waals surface area contributed by atoms with Gasteiger partial charge in [-0.15, -0.1) is 0 Å². The van der Waals surface area contributed by atoms with Gasteiger partial charge in [-0.2, -0.15) is 0 Å². The summed E-state index contributed by atoms with van der Waals surface area (Å²) in [5, 5.41) is 0. The Morgan fingerprint density at radius 1 is 1.37 bits per heavy atom. The van der Waals surface area contributed by atoms with Crippen LogP contribution in [-0.4, -0.2) is 25.9 Å². The van der Waals surface area contributed by atoms with Crippen molar-refractivity contribution in [2.45, 2.75) is 44.4 Å². The predicted octanol–water partition coefficient (Wildman–Crippen LogP) is 2.20. The van der Waals surface area contributed by atoms with Crippen LogP contribution in [0.1, 0.15) is 37.0 Å². The van der Waals surface area contributed by atoms with Crippen LogP contribution in [0, 0.1) is 0 Å². The molecule has 2 heterocycles. The maximum absolute atomic E-state index is 6.19. The lowest BCUT2D eigenvalue weighted by Gasteiger charge is -2.30. The average molecular weight is 263 g/mol. The van der Waals surface area contributed by atoms with Gasteiger partial charge in [0.2, 0.25) is 0 Å². The minimum Gasteiger partial charge on any atom is -0.496 e. The van der Waals surface area contributed by atoms with Gasteiger partial charge in [-0.1, -0.05) is 0 Å². The Morgan fingerprint density at radius 3 is 2.95 bits per heavy atom. The van der Waals surface area contributed by atoms with Crippen LogP contribution in [0.5, 0.6) is 11.5 Å². The first-order chi connectivity index (χ1) is 9.19. The lowest BCUT2D eigenvalue weighted by atomic mass is 9.94. The Bertz CT molecular complexity index is 475. The van der Waals surface area contributed by atoms with E-state index in [1.807, 2.05) is 6.07 Å². The van der Waals surface area contributed by atoms with Gasteiger partial charge in [0.1, 0.15) is 23.7 Å². The molecule has 3 unspecified atom stereocenters. The van der Waals surface area contributed by atoms with E-state index < -0.39 is 0 Å². The van der Waals surface area contributed by atoms with E-state index in [4.69, 9.17) is 19.9 Å². The van der Waals surface area contributed by atoms with Crippen molar-refractivity contribution < 1.29 is 14.2 Å². The first kappa shape index (κ1) is 12.8. The highest BCUT2D eigenvalue weighted by atomic mass is 16.5. The van der Waals surface area contributed by atoms with E-state index in [0.29, 0.717) is 0 Å². The van der Waals surface area contributed by atoms with Crippen LogP contribution in [0.2, 0.25) is 0 Å². The summed E-state index contributed by atoms with van der Waals surface area (Å²) in [6, 6.07) is 4.14. The SMILES string of the molecule is COc1cc2c(cc1C1OCCCC1N)OC(C)C2. The third kappa shape index (κ3) is 2.30. The largest absolute Gasteiger partial charge is 0.496 e. The molecule has 0 amide bonds. The zero-order valence-electron chi connectivity index (χ0n) is 11.5. The number of methoxy groups -OCH3 is 1. The van der Waals surface area contributed by atoms with E-state index in [0.717, 1.165) is 42.9 Å². The summed E-state index contributed by atoms with van der Waals surface area (Å²) in [6.45, 7) is 2.84. The molecular weight excluding hydrogens is 242 g/mol. The van der Waals surface area contributed by atoms with Crippen LogP contribution in [-0.2, 0) is 11.2 Å². The fourth-order valence-corrected chi connectivity index (χ4v) is 2.98. The van der Waals surface area contributed by atoms with E-state index in [2.05, 4.69) is 13.0 Å². The average Bonchev–Trinajstić information content (AvgIpc) is 2.77. The maximum atomic E-state index is 6.19. The quantitative estimate of drug-likeness (QED) is 0.888. The van der Waals surface area contributed by atoms with Crippen LogP contribution in [0.4, 0.5) is 0 Å². The summed E-state index contributed by atoms with van der Waals surface area (Å²) in [6.07, 6.45) is 3.09. The van der Waals surface area contributed by atoms with Crippen molar-refractivity contribution in [1.82, 2.24) is 0 Å². The van der Waals surface area contributed by atoms with Crippen molar-refractivity contribution in [3.8, 4) is 11.5 Å². The second-order valence-electron chi connectivity index (χ2n) is 5.43. The van der Waals surface area contributed by atoms with E-state index in [1.165, 1.54) is 5.56 Å². The minimum absolute atomic E-state index is 0.0273. The first-order valence-corrected chi connectivity index (χ1v) is 6.93. The summed E-state index contributed by atoms with van der Waals surface area (Å²) in [5.41, 5.74) is 8.41. The predicted molar refractivity (Wildman–Crippen MR) is 72.7 cm³/mol. The van der Waals surface area contributed by atoms with Gasteiger partial charge >= 0.3 is 0 Å². The smallest absolute Gasteiger partial charge is 0.125 e. The molecule has 19 heavy (non-hydrogen) atoms. The Labute approximate surface area is 113 Å². The molecule has 0 spiro atoms. The number of nitrogens with two attached hydrogens (primary N) is 1. The van der Waals surface area contributed by atoms with Crippen LogP contribution in [0.25, 0.3) is 0 Å². The fraction of sp³-hybridized carbons (Fsp3) is 0.600. The lowest BCUT2D eigenvalue weighted by molar-refractivity contribution is -0.00125. The van der Waals surface area contributed by atoms with E-state index in [9.17, 15) is 0 Å². The topological polar surface area (TPSA) is 53.7 Å². The number of benzene rings is 1. The van der Waals surface area contributed by atoms with Crippen LogP contribution < -0.4 is 15.2 Å². The zero-order valence-corrected chi connectivity index (χ0v) is 11.5. The van der Waals surface area contributed by atoms with E-state index in [1.54, 1.807) is 7.11 Å². The monoisotopic (exact) mass is 263 g/mol. The molecule has 1 fully saturated rings. The van der Waals surface area contributed by atoms with Gasteiger partial charge in [0.15, 0.2) is 0 Å². The molecule has 0 aliphatic carbocycles. The summed E-state index contributed by atoms with van der Waals surface area (Å²) < 4.78 is 17.2. The van der Waals surface area contributed by atoms with Gasteiger partial charge in [0.05, 0.1) is 7.11 Å². The molecule has 2 aliphatic heterocycles. The zero-order chi connectivity index (χ0) is 13.4. The van der Waals surface area contributed by atoms with E-state index in [-0.39, 0.29) is 18.2 Å². The van der Waals surface area contributed by atoms with Crippen molar-refractivity contribution in [3.05, 3.63) is 23.3 Å². The molecule has 4 heteroatoms. The molecule has 3 atom stereocenters. The number of hydrogen-bond donors (Lipinski definition) is 1. The number of rotatable bonds is 2. The molecule has 1 aromatic rings. The Hall–Kier alpha value is -1.26. The second kappa shape index (κ2) is 5.02. The molecule has 0 bridgehead atoms. The molecule has 3 rings (SSSR count). The molecule has 1 aromatic carbocycles. The highest BCUT2D eigenvalue weighted by Crippen LogP contribution is 2.40. The highest BCUT2D eigenvalue weighted by Gasteiger charge is 2.30. The number of fused-ring (bicyclic) bond motifs is 1. The van der Waals surface area contributed by atoms with Gasteiger partial charge < -0.3 is 19.9 Å². The highest BCUT2D eigenvalue weighted by molar-refractivity contribution is 5.50. The van der Waals surface area contributed by atoms with Gasteiger partial charge in [0.25, 0.3) is 0 Å². The summed E-state index contributed by atoms with van der Waals surface area (Å²) >= 11 is 0. The third-order valence-corrected chi connectivity index (χ3v) is 3.92. The third-order valence-electron chi connectivity index (χ3n) is 3.92. The van der Waals surface area contributed by atoms with Crippen LogP contribution >= 0.6 is 0 Å². The van der Waals surface area contributed by atoms with Crippen molar-refractivity contribution in [1.29, 1.82) is 0 Å². The number of hydrogen-bond acceptors (Lipinski definition) is 4. The van der Waals surface area contributed by atoms with Gasteiger partial charge in [-0.3, -0.25) is 0 Å². The summed E-state index contributed by atoms with van der Waals surface area (Å²) in [4.78, 5) is 0. The minimum atomic E-state index is -0.0893. The molecular formula is C15H21NO3. The van der Waals surface area contributed by atoms with Gasteiger partial charge in [-0.25, -0.2) is 0 Å². The Morgan fingerprint density at radius 2 is 2.21 bits per heavy atom. The van der Waals surface area contributed by atoms with E-state index >= 15 is 0 Å². The Kier molecular flexibility index (Phi) is 3.37. The molecule has 1 saturated heterocycles. The molecule has 2 N–H and O–H groups in total. The van der Waals surface area contributed by atoms with Crippen LogP contribution in [0.3, 0.4) is 0 Å². The molecule has 0 saturated carbocycles. The summed E-state index contributed by atoms with van der Waals surface area (Å²) in [7, 11) is 1.69. The van der Waals surface area contributed by atoms with Gasteiger partial charge in [-0.05, 0) is 31.9 Å². The second-order valence-corrected chi connectivity index (χ2v) is 5.43. The first-order valence-electron chi connectivity index (χ1n) is 6.93. The standard InChI is InChI=1S/C15H21NO3/c1-9-6-10-7-14(17-2)11(8-13(10)19-9)15-12(16)4-3-5-18-15/h7-9,12,15H,3-6,16H2,1-2H3. The van der Waals surface area contributed by atoms with Crippen molar-refractivity contribution in [2.24, 2.45) is 5.73 Å². The molecule has 2 aliphatic rings. The molecule has 0 aromatic heterocycles. The Balaban J connectivity index is 1.98. The molecule has 104 valence electrons. The van der Waals surface area contributed by atoms with Gasteiger partial charge in [0, 0.05) is 30.2 Å². The number of ether oxygens (including phenoxy) is 3. The lowest BCUT2D eigenvalue weighted by Crippen LogP contribution is -2.34. The maximum Gasteiger partial charge on any atom is 0.125 e. The normalized spacial score (nSPS) is 29.7. The van der Waals surface area contributed by atoms with Crippen molar-refractivity contribution in [2.75, 3.05) is 13.7 Å². The van der Waals surface area contributed by atoms with Crippen LogP contribution in [0.15, 0.2) is 12.1 Å². The molecule has 4 nitrogen and oxygen atoms in total. The van der Waals surface area contributed by atoms with Crippen molar-refractivity contribution in [3.63, 3.8) is 0 Å². The summed E-state index contributed by atoms with van der Waals surface area (Å²) in [5.74, 6) is 1.81.